The van der Waals surface area contributed by atoms with Gasteiger partial charge in [0, 0.05) is 31.2 Å². The van der Waals surface area contributed by atoms with Crippen molar-refractivity contribution in [2.45, 2.75) is 60.3 Å². The fraction of sp³-hybridized carbons (Fsp3) is 0.268. The second kappa shape index (κ2) is 10.8. The van der Waals surface area contributed by atoms with Crippen LogP contribution in [0.5, 0.6) is 0 Å². The maximum Gasteiger partial charge on any atom is 0.216 e. The average Bonchev–Trinajstić information content (AvgIpc) is 3.38. The monoisotopic (exact) mass is 579 g/mol. The van der Waals surface area contributed by atoms with Gasteiger partial charge in [-0.15, -0.1) is 0 Å². The number of aryl methyl sites for hydroxylation is 2. The van der Waals surface area contributed by atoms with Gasteiger partial charge in [-0.2, -0.15) is 5.26 Å². The van der Waals surface area contributed by atoms with Gasteiger partial charge in [0.25, 0.3) is 0 Å². The topological polar surface area (TPSA) is 40.8 Å². The molecule has 0 saturated carbocycles. The zero-order valence-electron chi connectivity index (χ0n) is 29.0. The van der Waals surface area contributed by atoms with Gasteiger partial charge in [0.05, 0.1) is 17.2 Å². The number of nitriles is 1. The van der Waals surface area contributed by atoms with Gasteiger partial charge in [0.2, 0.25) is 5.69 Å². The summed E-state index contributed by atoms with van der Waals surface area (Å²) in [6.45, 7) is 14.5. The van der Waals surface area contributed by atoms with Crippen LogP contribution in [-0.4, -0.2) is 0 Å². The molecule has 2 heterocycles. The zero-order valence-corrected chi connectivity index (χ0v) is 27.0. The maximum atomic E-state index is 10.2. The number of hydrogen-bond acceptors (Lipinski definition) is 2. The van der Waals surface area contributed by atoms with Crippen LogP contribution in [-0.2, 0) is 18.8 Å². The Bertz CT molecular complexity index is 2150. The third-order valence-corrected chi connectivity index (χ3v) is 8.32. The molecular formula is C41H41N2O+. The van der Waals surface area contributed by atoms with Crippen LogP contribution in [0.15, 0.2) is 95.5 Å². The fourth-order valence-electron chi connectivity index (χ4n) is 6.02. The number of nitrogens with zero attached hydrogens (tertiary/aromatic N) is 2. The smallest absolute Gasteiger partial charge is 0.216 e. The normalized spacial score (nSPS) is 13.2. The van der Waals surface area contributed by atoms with Gasteiger partial charge in [-0.1, -0.05) is 102 Å². The predicted molar refractivity (Wildman–Crippen MR) is 183 cm³/mol. The minimum atomic E-state index is -1.54. The van der Waals surface area contributed by atoms with E-state index in [1.54, 1.807) is 0 Å². The van der Waals surface area contributed by atoms with E-state index in [1.807, 2.05) is 62.8 Å². The first-order valence-electron chi connectivity index (χ1n) is 16.2. The molecule has 0 N–H and O–H groups in total. The van der Waals surface area contributed by atoms with Crippen molar-refractivity contribution in [2.75, 3.05) is 0 Å². The van der Waals surface area contributed by atoms with E-state index in [4.69, 9.17) is 7.16 Å². The van der Waals surface area contributed by atoms with Crippen molar-refractivity contribution in [3.8, 4) is 39.6 Å². The first-order valence-corrected chi connectivity index (χ1v) is 15.2. The molecule has 0 radical (unpaired) electrons. The minimum Gasteiger partial charge on any atom is -0.454 e. The summed E-state index contributed by atoms with van der Waals surface area (Å²) in [7, 11) is 1.98. The van der Waals surface area contributed by atoms with E-state index in [-0.39, 0.29) is 5.41 Å². The predicted octanol–water partition coefficient (Wildman–Crippen LogP) is 10.5. The minimum absolute atomic E-state index is 0.0974. The van der Waals surface area contributed by atoms with Gasteiger partial charge < -0.3 is 4.42 Å². The number of furan rings is 1. The highest BCUT2D eigenvalue weighted by atomic mass is 16.3. The van der Waals surface area contributed by atoms with E-state index in [1.165, 1.54) is 5.56 Å². The molecule has 3 nitrogen and oxygen atoms in total. The van der Waals surface area contributed by atoms with Gasteiger partial charge in [-0.05, 0) is 69.6 Å². The van der Waals surface area contributed by atoms with Gasteiger partial charge in [-0.25, -0.2) is 4.57 Å². The lowest BCUT2D eigenvalue weighted by atomic mass is 9.86. The highest BCUT2D eigenvalue weighted by Crippen LogP contribution is 2.42. The molecular weight excluding hydrogens is 536 g/mol. The van der Waals surface area contributed by atoms with Crippen molar-refractivity contribution < 1.29 is 11.7 Å². The van der Waals surface area contributed by atoms with E-state index in [2.05, 4.69) is 94.4 Å². The van der Waals surface area contributed by atoms with E-state index in [0.29, 0.717) is 16.7 Å². The van der Waals surface area contributed by atoms with E-state index < -0.39 is 11.8 Å². The van der Waals surface area contributed by atoms with Gasteiger partial charge in [0.1, 0.15) is 18.2 Å². The molecule has 0 atom stereocenters. The van der Waals surface area contributed by atoms with Crippen molar-refractivity contribution in [3.63, 3.8) is 0 Å². The van der Waals surface area contributed by atoms with Gasteiger partial charge >= 0.3 is 0 Å². The number of rotatable bonds is 4. The van der Waals surface area contributed by atoms with Crippen LogP contribution in [0.2, 0.25) is 0 Å². The summed E-state index contributed by atoms with van der Waals surface area (Å²) in [5.41, 5.74) is 10.2. The Morgan fingerprint density at radius 2 is 1.32 bits per heavy atom. The lowest BCUT2D eigenvalue weighted by Crippen LogP contribution is -2.31. The van der Waals surface area contributed by atoms with Crippen LogP contribution >= 0.6 is 0 Å². The summed E-state index contributed by atoms with van der Waals surface area (Å²) >= 11 is 0. The second-order valence-corrected chi connectivity index (χ2v) is 13.9. The van der Waals surface area contributed by atoms with Crippen molar-refractivity contribution in [2.24, 2.45) is 12.5 Å². The Morgan fingerprint density at radius 1 is 0.750 bits per heavy atom. The molecule has 220 valence electrons. The maximum absolute atomic E-state index is 10.2. The van der Waals surface area contributed by atoms with Crippen LogP contribution in [0, 0.1) is 23.7 Å². The van der Waals surface area contributed by atoms with Crippen molar-refractivity contribution in [3.05, 3.63) is 113 Å². The highest BCUT2D eigenvalue weighted by Gasteiger charge is 2.24. The largest absolute Gasteiger partial charge is 0.454 e. The van der Waals surface area contributed by atoms with Crippen LogP contribution in [0.3, 0.4) is 0 Å². The molecule has 3 heteroatoms. The molecule has 2 aromatic heterocycles. The van der Waals surface area contributed by atoms with Gasteiger partial charge in [-0.3, -0.25) is 0 Å². The third kappa shape index (κ3) is 5.42. The molecule has 6 rings (SSSR count). The lowest BCUT2D eigenvalue weighted by Gasteiger charge is -2.19. The van der Waals surface area contributed by atoms with Crippen LogP contribution in [0.1, 0.15) is 66.5 Å². The SMILES string of the molecule is [2H]C([2H])(c1cc[n+](C)c(-c2c(C)ccc3c2oc2c(-c4ccc(-c5ccc(C(C)(C)C)cc5)cc4)c(C#N)ccc23)c1)C(C)(C)C. The molecule has 4 aromatic carbocycles. The summed E-state index contributed by atoms with van der Waals surface area (Å²) in [5.74, 6) is 0. The van der Waals surface area contributed by atoms with Crippen LogP contribution in [0.25, 0.3) is 55.4 Å². The molecule has 44 heavy (non-hydrogen) atoms. The number of pyridine rings is 1. The third-order valence-electron chi connectivity index (χ3n) is 8.32. The number of hydrogen-bond donors (Lipinski definition) is 0. The number of benzene rings is 4. The quantitative estimate of drug-likeness (QED) is 0.195. The lowest BCUT2D eigenvalue weighted by molar-refractivity contribution is -0.660. The number of aromatic nitrogens is 1. The standard InChI is InChI=1S/C41H41N2O/c1-26-9-19-33-34-20-16-31(25-42)37(30-12-10-28(11-13-30)29-14-17-32(18-15-29)41(5,6)7)39(34)44-38(33)36(26)35-23-27(21-22-43(35)8)24-40(2,3)4/h9-23H,24H2,1-8H3/q+1/i24D2. The first kappa shape index (κ1) is 26.9. The second-order valence-electron chi connectivity index (χ2n) is 13.9. The Hall–Kier alpha value is -4.68. The molecule has 6 aromatic rings. The van der Waals surface area contributed by atoms with Crippen molar-refractivity contribution in [1.82, 2.24) is 0 Å². The zero-order chi connectivity index (χ0) is 33.2. The Balaban J connectivity index is 1.52. The molecule has 0 unspecified atom stereocenters. The van der Waals surface area contributed by atoms with Crippen LogP contribution < -0.4 is 4.57 Å². The summed E-state index contributed by atoms with van der Waals surface area (Å²) in [6, 6.07) is 31.3. The van der Waals surface area contributed by atoms with E-state index >= 15 is 0 Å². The fourth-order valence-corrected chi connectivity index (χ4v) is 6.02. The molecule has 0 amide bonds. The van der Waals surface area contributed by atoms with Crippen molar-refractivity contribution in [1.29, 1.82) is 5.26 Å². The molecule has 0 saturated heterocycles. The van der Waals surface area contributed by atoms with Crippen LogP contribution in [0.4, 0.5) is 0 Å². The Morgan fingerprint density at radius 3 is 1.91 bits per heavy atom. The summed E-state index contributed by atoms with van der Waals surface area (Å²) < 4.78 is 26.7. The molecule has 0 aliphatic rings. The Kier molecular flexibility index (Phi) is 6.60. The average molecular weight is 580 g/mol. The molecule has 0 aliphatic heterocycles. The first-order chi connectivity index (χ1) is 21.6. The van der Waals surface area contributed by atoms with E-state index in [9.17, 15) is 5.26 Å². The highest BCUT2D eigenvalue weighted by molar-refractivity contribution is 6.14. The summed E-state index contributed by atoms with van der Waals surface area (Å²) in [5, 5.41) is 12.1. The summed E-state index contributed by atoms with van der Waals surface area (Å²) in [4.78, 5) is 0. The molecule has 0 aliphatic carbocycles. The molecule has 0 bridgehead atoms. The molecule has 0 spiro atoms. The molecule has 0 fully saturated rings. The summed E-state index contributed by atoms with van der Waals surface area (Å²) in [6.07, 6.45) is 0.383. The Labute approximate surface area is 264 Å². The van der Waals surface area contributed by atoms with Gasteiger partial charge in [0.15, 0.2) is 6.20 Å². The van der Waals surface area contributed by atoms with E-state index in [0.717, 1.165) is 55.4 Å². The van der Waals surface area contributed by atoms with Crippen molar-refractivity contribution >= 4 is 21.9 Å². The number of fused-ring (bicyclic) bond motifs is 3.